The summed E-state index contributed by atoms with van der Waals surface area (Å²) in [6.07, 6.45) is 3.25. The van der Waals surface area contributed by atoms with Gasteiger partial charge in [0.05, 0.1) is 12.5 Å². The highest BCUT2D eigenvalue weighted by Crippen LogP contribution is 2.62. The highest BCUT2D eigenvalue weighted by Gasteiger charge is 2.60. The van der Waals surface area contributed by atoms with Gasteiger partial charge in [0.25, 0.3) is 0 Å². The third-order valence-corrected chi connectivity index (χ3v) is 7.40. The third-order valence-electron chi connectivity index (χ3n) is 7.40. The van der Waals surface area contributed by atoms with E-state index in [1.807, 2.05) is 6.92 Å². The number of fused-ring (bicyclic) bond motifs is 4. The van der Waals surface area contributed by atoms with Crippen molar-refractivity contribution in [1.29, 1.82) is 0 Å². The van der Waals surface area contributed by atoms with E-state index in [1.54, 1.807) is 0 Å². The van der Waals surface area contributed by atoms with Gasteiger partial charge in [0.1, 0.15) is 12.4 Å². The second-order valence-corrected chi connectivity index (χ2v) is 9.37. The summed E-state index contributed by atoms with van der Waals surface area (Å²) in [5.41, 5.74) is 7.76. The number of benzene rings is 3. The van der Waals surface area contributed by atoms with E-state index in [4.69, 9.17) is 9.47 Å². The Morgan fingerprint density at radius 1 is 1.03 bits per heavy atom. The number of carbonyl (C=O) groups is 1. The SMILES string of the molecule is CCOC(=O)[C@H]1[C@@H]2Cc3cc(OCc4ccc5c(c4)N(c4ccccc4)CCC5)ccc3[C@@H]21. The number of aryl methyl sites for hydroxylation is 1. The number of anilines is 2. The molecule has 33 heavy (non-hydrogen) atoms. The van der Waals surface area contributed by atoms with E-state index in [1.165, 1.54) is 40.0 Å². The highest BCUT2D eigenvalue weighted by atomic mass is 16.5. The van der Waals surface area contributed by atoms with Crippen LogP contribution in [0.5, 0.6) is 5.75 Å². The van der Waals surface area contributed by atoms with Gasteiger partial charge in [-0.2, -0.15) is 0 Å². The van der Waals surface area contributed by atoms with Crippen molar-refractivity contribution < 1.29 is 14.3 Å². The van der Waals surface area contributed by atoms with E-state index in [0.717, 1.165) is 25.1 Å². The standard InChI is InChI=1S/C29H29NO3/c1-2-32-29(31)28-25-17-21-16-23(12-13-24(21)27(25)28)33-18-19-10-11-20-7-6-14-30(26(20)15-19)22-8-4-3-5-9-22/h3-5,8-13,15-16,25,27-28H,2,6-7,14,17-18H2,1H3/t25-,27+,28+/m1/s1. The van der Waals surface area contributed by atoms with Crippen LogP contribution < -0.4 is 9.64 Å². The Bertz CT molecular complexity index is 1190. The minimum atomic E-state index is -0.0320. The minimum absolute atomic E-state index is 0.0320. The molecule has 0 unspecified atom stereocenters. The molecule has 1 fully saturated rings. The van der Waals surface area contributed by atoms with E-state index < -0.39 is 0 Å². The number of esters is 1. The van der Waals surface area contributed by atoms with Crippen LogP contribution in [0.25, 0.3) is 0 Å². The van der Waals surface area contributed by atoms with E-state index in [0.29, 0.717) is 25.0 Å². The molecular formula is C29H29NO3. The van der Waals surface area contributed by atoms with Crippen LogP contribution in [-0.4, -0.2) is 19.1 Å². The lowest BCUT2D eigenvalue weighted by Gasteiger charge is -2.32. The lowest BCUT2D eigenvalue weighted by atomic mass is 9.99. The van der Waals surface area contributed by atoms with Gasteiger partial charge >= 0.3 is 5.97 Å². The predicted octanol–water partition coefficient (Wildman–Crippen LogP) is 5.80. The molecule has 3 atom stereocenters. The summed E-state index contributed by atoms with van der Waals surface area (Å²) < 4.78 is 11.4. The summed E-state index contributed by atoms with van der Waals surface area (Å²) in [5.74, 6) is 1.69. The van der Waals surface area contributed by atoms with Crippen LogP contribution in [0.1, 0.15) is 41.5 Å². The Labute approximate surface area is 195 Å². The molecule has 4 nitrogen and oxygen atoms in total. The van der Waals surface area contributed by atoms with Crippen molar-refractivity contribution in [2.45, 2.75) is 38.7 Å². The highest BCUT2D eigenvalue weighted by molar-refractivity contribution is 5.79. The van der Waals surface area contributed by atoms with Crippen LogP contribution in [0.15, 0.2) is 66.7 Å². The molecule has 0 aromatic heterocycles. The molecule has 4 heteroatoms. The maximum absolute atomic E-state index is 12.1. The molecule has 1 aliphatic heterocycles. The van der Waals surface area contributed by atoms with E-state index >= 15 is 0 Å². The maximum Gasteiger partial charge on any atom is 0.309 e. The van der Waals surface area contributed by atoms with Crippen LogP contribution in [-0.2, 0) is 29.0 Å². The quantitative estimate of drug-likeness (QED) is 0.455. The van der Waals surface area contributed by atoms with Gasteiger partial charge < -0.3 is 14.4 Å². The molecule has 1 saturated carbocycles. The van der Waals surface area contributed by atoms with Gasteiger partial charge in [-0.05, 0) is 84.7 Å². The van der Waals surface area contributed by atoms with Crippen LogP contribution in [0, 0.1) is 11.8 Å². The van der Waals surface area contributed by atoms with Crippen molar-refractivity contribution in [3.63, 3.8) is 0 Å². The van der Waals surface area contributed by atoms with Gasteiger partial charge in [0.15, 0.2) is 0 Å². The van der Waals surface area contributed by atoms with E-state index in [9.17, 15) is 4.79 Å². The summed E-state index contributed by atoms with van der Waals surface area (Å²) in [4.78, 5) is 14.5. The number of hydrogen-bond acceptors (Lipinski definition) is 4. The number of para-hydroxylation sites is 1. The molecule has 0 spiro atoms. The van der Waals surface area contributed by atoms with E-state index in [2.05, 4.69) is 71.6 Å². The first kappa shape index (κ1) is 20.3. The van der Waals surface area contributed by atoms with Crippen LogP contribution in [0.4, 0.5) is 11.4 Å². The normalized spacial score (nSPS) is 22.2. The van der Waals surface area contributed by atoms with Crippen molar-refractivity contribution >= 4 is 17.3 Å². The lowest BCUT2D eigenvalue weighted by Crippen LogP contribution is -2.24. The molecule has 3 aliphatic rings. The minimum Gasteiger partial charge on any atom is -0.489 e. The molecule has 6 rings (SSSR count). The van der Waals surface area contributed by atoms with Gasteiger partial charge in [-0.15, -0.1) is 0 Å². The predicted molar refractivity (Wildman–Crippen MR) is 129 cm³/mol. The Morgan fingerprint density at radius 3 is 2.76 bits per heavy atom. The fourth-order valence-electron chi connectivity index (χ4n) is 5.79. The van der Waals surface area contributed by atoms with Crippen molar-refractivity contribution in [3.8, 4) is 5.75 Å². The second kappa shape index (κ2) is 8.26. The zero-order valence-electron chi connectivity index (χ0n) is 19.0. The molecular weight excluding hydrogens is 410 g/mol. The number of rotatable bonds is 6. The first-order chi connectivity index (χ1) is 16.2. The van der Waals surface area contributed by atoms with Crippen molar-refractivity contribution in [2.75, 3.05) is 18.1 Å². The molecule has 0 saturated heterocycles. The summed E-state index contributed by atoms with van der Waals surface area (Å²) >= 11 is 0. The number of nitrogens with zero attached hydrogens (tertiary/aromatic N) is 1. The Kier molecular flexibility index (Phi) is 5.09. The van der Waals surface area contributed by atoms with Crippen molar-refractivity contribution in [2.24, 2.45) is 11.8 Å². The molecule has 0 bridgehead atoms. The summed E-state index contributed by atoms with van der Waals surface area (Å²) in [7, 11) is 0. The van der Waals surface area contributed by atoms with Crippen molar-refractivity contribution in [3.05, 3.63) is 89.0 Å². The third kappa shape index (κ3) is 3.68. The molecule has 3 aromatic rings. The van der Waals surface area contributed by atoms with Gasteiger partial charge in [-0.1, -0.05) is 36.4 Å². The van der Waals surface area contributed by atoms with Gasteiger partial charge in [0, 0.05) is 23.8 Å². The average Bonchev–Trinajstić information content (AvgIpc) is 3.44. The fourth-order valence-corrected chi connectivity index (χ4v) is 5.79. The average molecular weight is 440 g/mol. The van der Waals surface area contributed by atoms with Crippen LogP contribution >= 0.6 is 0 Å². The van der Waals surface area contributed by atoms with E-state index in [-0.39, 0.29) is 11.9 Å². The van der Waals surface area contributed by atoms with Crippen LogP contribution in [0.2, 0.25) is 0 Å². The topological polar surface area (TPSA) is 38.8 Å². The number of carbonyl (C=O) groups excluding carboxylic acids is 1. The molecule has 0 amide bonds. The molecule has 0 N–H and O–H groups in total. The molecule has 3 aromatic carbocycles. The first-order valence-electron chi connectivity index (χ1n) is 12.1. The summed E-state index contributed by atoms with van der Waals surface area (Å²) in [5, 5.41) is 0. The Balaban J connectivity index is 1.15. The smallest absolute Gasteiger partial charge is 0.309 e. The summed E-state index contributed by atoms with van der Waals surface area (Å²) in [6.45, 7) is 3.92. The maximum atomic E-state index is 12.1. The second-order valence-electron chi connectivity index (χ2n) is 9.37. The Hall–Kier alpha value is -3.27. The number of hydrogen-bond donors (Lipinski definition) is 0. The van der Waals surface area contributed by atoms with Gasteiger partial charge in [-0.3, -0.25) is 4.79 Å². The zero-order chi connectivity index (χ0) is 22.4. The lowest BCUT2D eigenvalue weighted by molar-refractivity contribution is -0.145. The zero-order valence-corrected chi connectivity index (χ0v) is 19.0. The molecule has 2 aliphatic carbocycles. The Morgan fingerprint density at radius 2 is 1.91 bits per heavy atom. The van der Waals surface area contributed by atoms with Crippen molar-refractivity contribution in [1.82, 2.24) is 0 Å². The van der Waals surface area contributed by atoms with Gasteiger partial charge in [0.2, 0.25) is 0 Å². The monoisotopic (exact) mass is 439 g/mol. The first-order valence-corrected chi connectivity index (χ1v) is 12.1. The fraction of sp³-hybridized carbons (Fsp3) is 0.345. The summed E-state index contributed by atoms with van der Waals surface area (Å²) in [6, 6.07) is 23.7. The largest absolute Gasteiger partial charge is 0.489 e. The van der Waals surface area contributed by atoms with Gasteiger partial charge in [-0.25, -0.2) is 0 Å². The van der Waals surface area contributed by atoms with Crippen LogP contribution in [0.3, 0.4) is 0 Å². The number of ether oxygens (including phenoxy) is 2. The molecule has 1 heterocycles. The molecule has 168 valence electrons. The molecule has 0 radical (unpaired) electrons.